The van der Waals surface area contributed by atoms with Gasteiger partial charge in [-0.15, -0.1) is 11.3 Å². The summed E-state index contributed by atoms with van der Waals surface area (Å²) in [5.41, 5.74) is -0.202. The van der Waals surface area contributed by atoms with Gasteiger partial charge in [0.15, 0.2) is 0 Å². The summed E-state index contributed by atoms with van der Waals surface area (Å²) < 4.78 is 45.1. The van der Waals surface area contributed by atoms with Gasteiger partial charge in [0.1, 0.15) is 17.6 Å². The highest BCUT2D eigenvalue weighted by Crippen LogP contribution is 2.45. The molecule has 1 N–H and O–H groups in total. The number of aliphatic hydroxyl groups is 1. The number of hydrogen-bond donors (Lipinski definition) is 1. The summed E-state index contributed by atoms with van der Waals surface area (Å²) in [6, 6.07) is 11.2. The van der Waals surface area contributed by atoms with Crippen LogP contribution in [0.3, 0.4) is 0 Å². The van der Waals surface area contributed by atoms with Crippen molar-refractivity contribution in [2.45, 2.75) is 19.1 Å². The van der Waals surface area contributed by atoms with Crippen LogP contribution in [-0.2, 0) is 15.8 Å². The third kappa shape index (κ3) is 4.00. The minimum atomic E-state index is -4.62. The number of alkyl halides is 3. The van der Waals surface area contributed by atoms with Gasteiger partial charge in [0.2, 0.25) is 0 Å². The maximum Gasteiger partial charge on any atom is 0.416 e. The first kappa shape index (κ1) is 22.6. The van der Waals surface area contributed by atoms with Crippen molar-refractivity contribution in [3.05, 3.63) is 87.1 Å². The van der Waals surface area contributed by atoms with E-state index in [2.05, 4.69) is 0 Å². The summed E-state index contributed by atoms with van der Waals surface area (Å²) in [7, 11) is 1.48. The Balaban J connectivity index is 1.92. The number of hydrogen-bond acceptors (Lipinski definition) is 5. The molecule has 9 heteroatoms. The molecule has 2 aromatic carbocycles. The Kier molecular flexibility index (Phi) is 5.75. The third-order valence-corrected chi connectivity index (χ3v) is 6.48. The van der Waals surface area contributed by atoms with Crippen LogP contribution in [-0.4, -0.2) is 23.9 Å². The Bertz CT molecular complexity index is 1260. The number of ether oxygens (including phenoxy) is 1. The smallest absolute Gasteiger partial charge is 0.416 e. The number of anilines is 1. The molecule has 1 saturated heterocycles. The van der Waals surface area contributed by atoms with Crippen molar-refractivity contribution < 1.29 is 32.6 Å². The standard InChI is InChI=1S/C24H18F3NO4S/c1-13-10-11-33-22(13)19-18(20(29)14-6-8-17(32-2)9-7-14)21(30)23(31)28(19)16-5-3-4-15(12-16)24(25,26)27/h3-12,19,29H,1-2H3/b20-18-. The minimum absolute atomic E-state index is 0.0847. The van der Waals surface area contributed by atoms with Crippen LogP contribution in [0.1, 0.15) is 27.6 Å². The van der Waals surface area contributed by atoms with Crippen LogP contribution in [0.2, 0.25) is 0 Å². The zero-order valence-corrected chi connectivity index (χ0v) is 18.3. The Morgan fingerprint density at radius 3 is 2.36 bits per heavy atom. The van der Waals surface area contributed by atoms with Crippen LogP contribution in [0.25, 0.3) is 5.76 Å². The van der Waals surface area contributed by atoms with Crippen LogP contribution in [0, 0.1) is 6.92 Å². The average molecular weight is 473 g/mol. The fourth-order valence-corrected chi connectivity index (χ4v) is 4.77. The molecular formula is C24H18F3NO4S. The fraction of sp³-hybridized carbons (Fsp3) is 0.167. The highest BCUT2D eigenvalue weighted by Gasteiger charge is 2.48. The number of benzene rings is 2. The average Bonchev–Trinajstić information content (AvgIpc) is 3.33. The van der Waals surface area contributed by atoms with Crippen molar-refractivity contribution in [2.75, 3.05) is 12.0 Å². The molecule has 4 rings (SSSR count). The molecule has 1 unspecified atom stereocenters. The number of halogens is 3. The number of carbonyl (C=O) groups excluding carboxylic acids is 2. The monoisotopic (exact) mass is 473 g/mol. The molecule has 0 saturated carbocycles. The predicted molar refractivity (Wildman–Crippen MR) is 118 cm³/mol. The van der Waals surface area contributed by atoms with E-state index in [-0.39, 0.29) is 16.8 Å². The second kappa shape index (κ2) is 8.40. The summed E-state index contributed by atoms with van der Waals surface area (Å²) in [6.07, 6.45) is -4.62. The van der Waals surface area contributed by atoms with Gasteiger partial charge >= 0.3 is 6.18 Å². The van der Waals surface area contributed by atoms with Crippen molar-refractivity contribution >= 4 is 34.5 Å². The highest BCUT2D eigenvalue weighted by molar-refractivity contribution is 7.10. The predicted octanol–water partition coefficient (Wildman–Crippen LogP) is 5.71. The van der Waals surface area contributed by atoms with Gasteiger partial charge in [0, 0.05) is 16.1 Å². The van der Waals surface area contributed by atoms with Crippen molar-refractivity contribution in [2.24, 2.45) is 0 Å². The van der Waals surface area contributed by atoms with E-state index in [9.17, 15) is 27.9 Å². The lowest BCUT2D eigenvalue weighted by atomic mass is 9.98. The summed E-state index contributed by atoms with van der Waals surface area (Å²) >= 11 is 1.25. The Morgan fingerprint density at radius 2 is 1.79 bits per heavy atom. The molecule has 1 fully saturated rings. The van der Waals surface area contributed by atoms with Gasteiger partial charge in [0.05, 0.1) is 18.2 Å². The molecule has 0 bridgehead atoms. The van der Waals surface area contributed by atoms with E-state index in [1.165, 1.54) is 42.7 Å². The second-order valence-electron chi connectivity index (χ2n) is 7.41. The van der Waals surface area contributed by atoms with Gasteiger partial charge in [-0.1, -0.05) is 6.07 Å². The summed E-state index contributed by atoms with van der Waals surface area (Å²) in [4.78, 5) is 27.7. The normalized spacial score (nSPS) is 18.1. The minimum Gasteiger partial charge on any atom is -0.507 e. The number of nitrogens with zero attached hydrogens (tertiary/aromatic N) is 1. The van der Waals surface area contributed by atoms with Gasteiger partial charge in [-0.25, -0.2) is 0 Å². The van der Waals surface area contributed by atoms with Crippen LogP contribution < -0.4 is 9.64 Å². The first-order chi connectivity index (χ1) is 15.6. The Labute approximate surface area is 191 Å². The summed E-state index contributed by atoms with van der Waals surface area (Å²) in [5.74, 6) is -1.87. The first-order valence-corrected chi connectivity index (χ1v) is 10.7. The van der Waals surface area contributed by atoms with Gasteiger partial charge in [0.25, 0.3) is 11.7 Å². The van der Waals surface area contributed by atoms with E-state index in [0.717, 1.165) is 22.6 Å². The molecule has 1 aliphatic heterocycles. The summed E-state index contributed by atoms with van der Waals surface area (Å²) in [6.45, 7) is 1.77. The molecule has 0 aliphatic carbocycles. The molecular weight excluding hydrogens is 455 g/mol. The number of aryl methyl sites for hydroxylation is 1. The van der Waals surface area contributed by atoms with Gasteiger partial charge in [-0.3, -0.25) is 14.5 Å². The Morgan fingerprint density at radius 1 is 1.09 bits per heavy atom. The largest absolute Gasteiger partial charge is 0.507 e. The molecule has 1 atom stereocenters. The SMILES string of the molecule is COc1ccc(/C(O)=C2/C(=O)C(=O)N(c3cccc(C(F)(F)F)c3)C2c2sccc2C)cc1. The lowest BCUT2D eigenvalue weighted by molar-refractivity contribution is -0.137. The number of carbonyl (C=O) groups is 2. The number of methoxy groups -OCH3 is 1. The zero-order valence-electron chi connectivity index (χ0n) is 17.5. The third-order valence-electron chi connectivity index (χ3n) is 5.41. The van der Waals surface area contributed by atoms with E-state index < -0.39 is 35.2 Å². The van der Waals surface area contributed by atoms with Crippen LogP contribution in [0.4, 0.5) is 18.9 Å². The number of thiophene rings is 1. The fourth-order valence-electron chi connectivity index (χ4n) is 3.75. The van der Waals surface area contributed by atoms with E-state index in [1.54, 1.807) is 30.5 Å². The number of amides is 1. The lowest BCUT2D eigenvalue weighted by Gasteiger charge is -2.25. The molecule has 1 aliphatic rings. The van der Waals surface area contributed by atoms with E-state index in [4.69, 9.17) is 4.74 Å². The number of aliphatic hydroxyl groups excluding tert-OH is 1. The van der Waals surface area contributed by atoms with Crippen LogP contribution >= 0.6 is 11.3 Å². The molecule has 3 aromatic rings. The maximum atomic E-state index is 13.3. The topological polar surface area (TPSA) is 66.8 Å². The molecule has 1 amide bonds. The van der Waals surface area contributed by atoms with Crippen molar-refractivity contribution in [3.8, 4) is 5.75 Å². The molecule has 1 aromatic heterocycles. The van der Waals surface area contributed by atoms with Crippen molar-refractivity contribution in [1.82, 2.24) is 0 Å². The van der Waals surface area contributed by atoms with Gasteiger partial charge < -0.3 is 9.84 Å². The van der Waals surface area contributed by atoms with Gasteiger partial charge in [-0.2, -0.15) is 13.2 Å². The quantitative estimate of drug-likeness (QED) is 0.299. The molecule has 33 heavy (non-hydrogen) atoms. The first-order valence-electron chi connectivity index (χ1n) is 9.80. The van der Waals surface area contributed by atoms with E-state index >= 15 is 0 Å². The molecule has 170 valence electrons. The zero-order chi connectivity index (χ0) is 23.9. The van der Waals surface area contributed by atoms with E-state index in [0.29, 0.717) is 10.6 Å². The van der Waals surface area contributed by atoms with Gasteiger partial charge in [-0.05, 0) is 66.4 Å². The molecule has 2 heterocycles. The second-order valence-corrected chi connectivity index (χ2v) is 8.36. The highest BCUT2D eigenvalue weighted by atomic mass is 32.1. The van der Waals surface area contributed by atoms with Crippen LogP contribution in [0.5, 0.6) is 5.75 Å². The number of rotatable bonds is 4. The maximum absolute atomic E-state index is 13.3. The summed E-state index contributed by atoms with van der Waals surface area (Å²) in [5, 5.41) is 12.8. The van der Waals surface area contributed by atoms with Crippen LogP contribution in [0.15, 0.2) is 65.6 Å². The molecule has 5 nitrogen and oxygen atoms in total. The number of Topliss-reactive ketones (excluding diaryl/α,β-unsaturated/α-hetero) is 1. The molecule has 0 spiro atoms. The lowest BCUT2D eigenvalue weighted by Crippen LogP contribution is -2.29. The van der Waals surface area contributed by atoms with E-state index in [1.807, 2.05) is 0 Å². The van der Waals surface area contributed by atoms with Crippen molar-refractivity contribution in [3.63, 3.8) is 0 Å². The molecule has 0 radical (unpaired) electrons. The Hall–Kier alpha value is -3.59. The number of ketones is 1. The van der Waals surface area contributed by atoms with Crippen molar-refractivity contribution in [1.29, 1.82) is 0 Å².